The number of carbonyl (C=O) groups excluding carboxylic acids is 1. The second-order valence-electron chi connectivity index (χ2n) is 27.5. The van der Waals surface area contributed by atoms with E-state index in [-0.39, 0.29) is 12.5 Å². The van der Waals surface area contributed by atoms with Gasteiger partial charge in [0, 0.05) is 6.42 Å². The molecule has 0 aliphatic carbocycles. The van der Waals surface area contributed by atoms with E-state index in [1.54, 1.807) is 0 Å². The average Bonchev–Trinajstić information content (AvgIpc) is 0.801. The molecule has 0 aromatic heterocycles. The van der Waals surface area contributed by atoms with Gasteiger partial charge in [-0.2, -0.15) is 0 Å². The molecule has 1 amide bonds. The van der Waals surface area contributed by atoms with Crippen LogP contribution in [0.5, 0.6) is 0 Å². The zero-order chi connectivity index (χ0) is 68.7. The molecule has 14 heteroatoms. The van der Waals surface area contributed by atoms with Gasteiger partial charge < -0.3 is 65.1 Å². The van der Waals surface area contributed by atoms with Crippen molar-refractivity contribution in [1.82, 2.24) is 5.32 Å². The number of unbranched alkanes of at least 4 members (excludes halogenated alkanes) is 38. The van der Waals surface area contributed by atoms with E-state index in [9.17, 15) is 45.6 Å². The molecular weight excluding hydrogens is 1190 g/mol. The zero-order valence-corrected chi connectivity index (χ0v) is 60.4. The van der Waals surface area contributed by atoms with Crippen LogP contribution in [0.4, 0.5) is 0 Å². The third-order valence-corrected chi connectivity index (χ3v) is 18.9. The van der Waals surface area contributed by atoms with Crippen LogP contribution in [0.3, 0.4) is 0 Å². The van der Waals surface area contributed by atoms with E-state index >= 15 is 0 Å². The molecule has 12 atom stereocenters. The van der Waals surface area contributed by atoms with E-state index in [1.165, 1.54) is 205 Å². The molecule has 2 fully saturated rings. The van der Waals surface area contributed by atoms with Crippen molar-refractivity contribution in [2.24, 2.45) is 0 Å². The van der Waals surface area contributed by atoms with Crippen molar-refractivity contribution >= 4 is 5.91 Å². The highest BCUT2D eigenvalue weighted by atomic mass is 16.7. The Balaban J connectivity index is 1.59. The lowest BCUT2D eigenvalue weighted by Gasteiger charge is -2.46. The number of carbonyl (C=O) groups is 1. The highest BCUT2D eigenvalue weighted by Gasteiger charge is 2.51. The smallest absolute Gasteiger partial charge is 0.220 e. The minimum atomic E-state index is -1.78. The number of nitrogens with one attached hydrogen (secondary N) is 1. The van der Waals surface area contributed by atoms with E-state index < -0.39 is 86.8 Å². The van der Waals surface area contributed by atoms with Crippen LogP contribution in [0, 0.1) is 0 Å². The molecule has 0 spiro atoms. The fourth-order valence-corrected chi connectivity index (χ4v) is 12.7. The fourth-order valence-electron chi connectivity index (χ4n) is 12.7. The lowest BCUT2D eigenvalue weighted by Crippen LogP contribution is -2.65. The molecule has 2 saturated heterocycles. The van der Waals surface area contributed by atoms with Gasteiger partial charge in [-0.05, 0) is 70.6 Å². The maximum absolute atomic E-state index is 13.4. The van der Waals surface area contributed by atoms with Crippen molar-refractivity contribution in [1.29, 1.82) is 0 Å². The minimum absolute atomic E-state index is 0.203. The first-order valence-corrected chi connectivity index (χ1v) is 39.3. The Bertz CT molecular complexity index is 1920. The summed E-state index contributed by atoms with van der Waals surface area (Å²) in [4.78, 5) is 13.4. The van der Waals surface area contributed by atoms with E-state index in [4.69, 9.17) is 18.9 Å². The van der Waals surface area contributed by atoms with Crippen LogP contribution in [0.2, 0.25) is 0 Å². The minimum Gasteiger partial charge on any atom is -0.394 e. The average molecular weight is 1340 g/mol. The fraction of sp³-hybridized carbons (Fsp3) is 0.815. The van der Waals surface area contributed by atoms with Gasteiger partial charge in [-0.15, -0.1) is 0 Å². The van der Waals surface area contributed by atoms with Crippen LogP contribution in [0.15, 0.2) is 85.1 Å². The van der Waals surface area contributed by atoms with Crippen molar-refractivity contribution in [3.05, 3.63) is 85.1 Å². The predicted octanol–water partition coefficient (Wildman–Crippen LogP) is 17.5. The van der Waals surface area contributed by atoms with Crippen LogP contribution < -0.4 is 5.32 Å². The molecule has 0 aromatic rings. The topological polar surface area (TPSA) is 228 Å². The molecule has 552 valence electrons. The summed E-state index contributed by atoms with van der Waals surface area (Å²) in [6.45, 7) is 2.79. The Kier molecular flexibility index (Phi) is 60.0. The van der Waals surface area contributed by atoms with Crippen molar-refractivity contribution < 1.29 is 64.6 Å². The summed E-state index contributed by atoms with van der Waals surface area (Å²) in [5.41, 5.74) is 0. The third kappa shape index (κ3) is 47.8. The maximum atomic E-state index is 13.4. The largest absolute Gasteiger partial charge is 0.394 e. The van der Waals surface area contributed by atoms with Gasteiger partial charge in [0.2, 0.25) is 5.91 Å². The molecule has 95 heavy (non-hydrogen) atoms. The van der Waals surface area contributed by atoms with Crippen LogP contribution in [0.25, 0.3) is 0 Å². The molecule has 2 rings (SSSR count). The monoisotopic (exact) mass is 1340 g/mol. The van der Waals surface area contributed by atoms with Gasteiger partial charge in [-0.1, -0.05) is 336 Å². The molecule has 0 bridgehead atoms. The summed E-state index contributed by atoms with van der Waals surface area (Å²) >= 11 is 0. The van der Waals surface area contributed by atoms with Gasteiger partial charge in [0.15, 0.2) is 12.6 Å². The predicted molar refractivity (Wildman–Crippen MR) is 392 cm³/mol. The van der Waals surface area contributed by atoms with E-state index in [1.807, 2.05) is 0 Å². The molecule has 12 unspecified atom stereocenters. The Hall–Kier alpha value is -2.83. The van der Waals surface area contributed by atoms with E-state index in [2.05, 4.69) is 104 Å². The molecule has 2 aliphatic heterocycles. The number of rotatable bonds is 65. The van der Waals surface area contributed by atoms with E-state index in [0.717, 1.165) is 96.3 Å². The Labute approximate surface area is 580 Å². The second-order valence-corrected chi connectivity index (χ2v) is 27.5. The number of hydrogen-bond donors (Lipinski definition) is 9. The number of aliphatic hydroxyl groups excluding tert-OH is 8. The molecular formula is C81H145NO13. The number of ether oxygens (including phenoxy) is 4. The molecule has 2 heterocycles. The summed E-state index contributed by atoms with van der Waals surface area (Å²) in [5.74, 6) is -0.203. The molecule has 2 aliphatic rings. The van der Waals surface area contributed by atoms with Crippen LogP contribution in [-0.2, 0) is 23.7 Å². The molecule has 9 N–H and O–H groups in total. The number of amides is 1. The number of aliphatic hydroxyl groups is 8. The molecule has 14 nitrogen and oxygen atoms in total. The summed E-state index contributed by atoms with van der Waals surface area (Å²) < 4.78 is 23.0. The first-order valence-electron chi connectivity index (χ1n) is 39.3. The lowest BCUT2D eigenvalue weighted by atomic mass is 9.97. The first kappa shape index (κ1) is 88.3. The molecule has 0 aromatic carbocycles. The number of allylic oxidation sites excluding steroid dienone is 14. The van der Waals surface area contributed by atoms with Crippen LogP contribution in [-0.4, -0.2) is 140 Å². The molecule has 0 radical (unpaired) electrons. The van der Waals surface area contributed by atoms with Crippen molar-refractivity contribution in [2.75, 3.05) is 19.8 Å². The Morgan fingerprint density at radius 1 is 0.389 bits per heavy atom. The summed E-state index contributed by atoms with van der Waals surface area (Å²) in [5, 5.41) is 87.8. The summed E-state index contributed by atoms with van der Waals surface area (Å²) in [6.07, 6.45) is 73.3. The van der Waals surface area contributed by atoms with Crippen molar-refractivity contribution in [3.8, 4) is 0 Å². The van der Waals surface area contributed by atoms with Gasteiger partial charge in [-0.3, -0.25) is 4.79 Å². The van der Waals surface area contributed by atoms with Gasteiger partial charge >= 0.3 is 0 Å². The second kappa shape index (κ2) is 64.5. The summed E-state index contributed by atoms with van der Waals surface area (Å²) in [6, 6.07) is -0.833. The standard InChI is InChI=1S/C81H145NO13/c1-3-5-7-9-11-13-15-17-19-21-23-25-27-28-29-30-31-32-33-34-35-36-37-38-39-40-41-42-43-45-47-49-51-53-55-57-59-61-63-65-73(86)82-69(68-92-80-78(91)76(89)79(72(67-84)94-80)95-81-77(90)75(88)74(87)71(66-83)93-81)70(85)64-62-60-58-56-54-52-50-48-46-44-26-24-22-20-18-16-14-12-10-8-6-4-2/h5,7,11,13,17,19,23,25,28-29,31-32,34-35,69-72,74-81,83-85,87-91H,3-4,6,8-10,12,14-16,18,20-22,24,26-27,30,33,36-68H2,1-2H3,(H,82,86)/b7-5-,13-11-,19-17-,25-23-,29-28-,32-31-,35-34-. The first-order chi connectivity index (χ1) is 46.6. The normalized spacial score (nSPS) is 22.8. The van der Waals surface area contributed by atoms with Gasteiger partial charge in [0.1, 0.15) is 48.8 Å². The highest BCUT2D eigenvalue weighted by molar-refractivity contribution is 5.76. The van der Waals surface area contributed by atoms with Crippen LogP contribution in [0.1, 0.15) is 328 Å². The quantitative estimate of drug-likeness (QED) is 0.0204. The lowest BCUT2D eigenvalue weighted by molar-refractivity contribution is -0.359. The maximum Gasteiger partial charge on any atom is 0.220 e. The molecule has 0 saturated carbocycles. The summed E-state index contributed by atoms with van der Waals surface area (Å²) in [7, 11) is 0. The number of hydrogen-bond acceptors (Lipinski definition) is 13. The van der Waals surface area contributed by atoms with Gasteiger partial charge in [0.25, 0.3) is 0 Å². The van der Waals surface area contributed by atoms with E-state index in [0.29, 0.717) is 12.8 Å². The van der Waals surface area contributed by atoms with Crippen molar-refractivity contribution in [3.63, 3.8) is 0 Å². The SMILES string of the molecule is CC/C=C\C/C=C\C/C=C\C/C=C\C/C=C\C/C=C\C/C=C\CCCCCCCCCCCCCCCCCCCC(=O)NC(COC1OC(CO)C(OC2OC(CO)C(O)C(O)C2O)C(O)C1O)C(O)CCCCCCCCCCCCCCCCCCCCCCCC. The zero-order valence-electron chi connectivity index (χ0n) is 60.4. The third-order valence-electron chi connectivity index (χ3n) is 18.9. The highest BCUT2D eigenvalue weighted by Crippen LogP contribution is 2.30. The van der Waals surface area contributed by atoms with Crippen LogP contribution >= 0.6 is 0 Å². The van der Waals surface area contributed by atoms with Crippen molar-refractivity contribution in [2.45, 2.75) is 402 Å². The Morgan fingerprint density at radius 3 is 1.12 bits per heavy atom. The Morgan fingerprint density at radius 2 is 0.726 bits per heavy atom. The van der Waals surface area contributed by atoms with Gasteiger partial charge in [-0.25, -0.2) is 0 Å². The van der Waals surface area contributed by atoms with Gasteiger partial charge in [0.05, 0.1) is 32.0 Å².